The number of hydrogen-bond acceptors (Lipinski definition) is 2. The predicted molar refractivity (Wildman–Crippen MR) is 69.9 cm³/mol. The summed E-state index contributed by atoms with van der Waals surface area (Å²) in [5.74, 6) is 0.419. The number of benzene rings is 1. The topological polar surface area (TPSA) is 41.1 Å². The molecule has 0 saturated carbocycles. The molecular formula is C14H20N2O. The van der Waals surface area contributed by atoms with E-state index in [1.54, 1.807) is 0 Å². The molecule has 0 bridgehead atoms. The van der Waals surface area contributed by atoms with Crippen molar-refractivity contribution in [3.8, 4) is 0 Å². The number of carbonyl (C=O) groups is 1. The lowest BCUT2D eigenvalue weighted by molar-refractivity contribution is -0.119. The van der Waals surface area contributed by atoms with Crippen LogP contribution >= 0.6 is 0 Å². The Hall–Kier alpha value is -1.35. The van der Waals surface area contributed by atoms with E-state index in [9.17, 15) is 4.79 Å². The summed E-state index contributed by atoms with van der Waals surface area (Å²) in [6.45, 7) is 6.33. The minimum absolute atomic E-state index is 0.0798. The van der Waals surface area contributed by atoms with Crippen molar-refractivity contribution in [1.29, 1.82) is 0 Å². The molecule has 92 valence electrons. The monoisotopic (exact) mass is 232 g/mol. The standard InChI is InChI=1S/C14H20N2O/c1-4-9(2)13-14(17)16-12-8-6-5-7-11(12)10(3)15-13/h5-10,13,15H,4H2,1-3H3,(H,16,17)/t9?,10?,13-/m0/s1. The Bertz CT molecular complexity index is 416. The SMILES string of the molecule is CCC(C)[C@@H]1NC(C)c2ccccc2NC1=O. The van der Waals surface area contributed by atoms with Gasteiger partial charge in [-0.3, -0.25) is 10.1 Å². The van der Waals surface area contributed by atoms with Crippen molar-refractivity contribution in [2.24, 2.45) is 5.92 Å². The minimum atomic E-state index is -0.109. The van der Waals surface area contributed by atoms with E-state index in [1.165, 1.54) is 0 Å². The fourth-order valence-corrected chi connectivity index (χ4v) is 2.29. The number of carbonyl (C=O) groups excluding carboxylic acids is 1. The van der Waals surface area contributed by atoms with Gasteiger partial charge in [0.2, 0.25) is 5.91 Å². The summed E-state index contributed by atoms with van der Waals surface area (Å²) < 4.78 is 0. The molecule has 3 nitrogen and oxygen atoms in total. The molecule has 1 aromatic rings. The molecule has 1 amide bonds. The number of amides is 1. The smallest absolute Gasteiger partial charge is 0.241 e. The van der Waals surface area contributed by atoms with E-state index >= 15 is 0 Å². The molecule has 0 saturated heterocycles. The predicted octanol–water partition coefficient (Wildman–Crippen LogP) is 2.70. The zero-order chi connectivity index (χ0) is 12.4. The summed E-state index contributed by atoms with van der Waals surface area (Å²) in [7, 11) is 0. The fourth-order valence-electron chi connectivity index (χ4n) is 2.29. The average Bonchev–Trinajstić information content (AvgIpc) is 2.46. The number of fused-ring (bicyclic) bond motifs is 1. The van der Waals surface area contributed by atoms with Crippen molar-refractivity contribution < 1.29 is 4.79 Å². The third-order valence-electron chi connectivity index (χ3n) is 3.61. The van der Waals surface area contributed by atoms with Gasteiger partial charge in [-0.15, -0.1) is 0 Å². The molecule has 1 aliphatic rings. The molecule has 0 radical (unpaired) electrons. The fraction of sp³-hybridized carbons (Fsp3) is 0.500. The van der Waals surface area contributed by atoms with Gasteiger partial charge in [0.15, 0.2) is 0 Å². The Kier molecular flexibility index (Phi) is 3.48. The third-order valence-corrected chi connectivity index (χ3v) is 3.61. The second-order valence-electron chi connectivity index (χ2n) is 4.83. The molecule has 2 N–H and O–H groups in total. The molecule has 0 spiro atoms. The van der Waals surface area contributed by atoms with Crippen molar-refractivity contribution >= 4 is 11.6 Å². The highest BCUT2D eigenvalue weighted by atomic mass is 16.2. The summed E-state index contributed by atoms with van der Waals surface area (Å²) in [6.07, 6.45) is 0.994. The van der Waals surface area contributed by atoms with E-state index in [4.69, 9.17) is 0 Å². The van der Waals surface area contributed by atoms with E-state index < -0.39 is 0 Å². The van der Waals surface area contributed by atoms with E-state index in [0.717, 1.165) is 17.7 Å². The normalized spacial score (nSPS) is 25.7. The highest BCUT2D eigenvalue weighted by molar-refractivity contribution is 5.96. The van der Waals surface area contributed by atoms with Crippen molar-refractivity contribution in [2.75, 3.05) is 5.32 Å². The van der Waals surface area contributed by atoms with Crippen LogP contribution in [0.3, 0.4) is 0 Å². The largest absolute Gasteiger partial charge is 0.324 e. The second-order valence-corrected chi connectivity index (χ2v) is 4.83. The molecule has 3 atom stereocenters. The van der Waals surface area contributed by atoms with Crippen LogP contribution in [0.1, 0.15) is 38.8 Å². The number of anilines is 1. The van der Waals surface area contributed by atoms with Crippen LogP contribution in [0, 0.1) is 5.92 Å². The lowest BCUT2D eigenvalue weighted by Crippen LogP contribution is -2.43. The van der Waals surface area contributed by atoms with Gasteiger partial charge in [0.05, 0.1) is 6.04 Å². The van der Waals surface area contributed by atoms with Crippen LogP contribution in [-0.2, 0) is 4.79 Å². The van der Waals surface area contributed by atoms with Crippen LogP contribution in [0.4, 0.5) is 5.69 Å². The molecule has 3 heteroatoms. The van der Waals surface area contributed by atoms with Crippen LogP contribution in [0.2, 0.25) is 0 Å². The van der Waals surface area contributed by atoms with Crippen molar-refractivity contribution in [1.82, 2.24) is 5.32 Å². The number of rotatable bonds is 2. The molecule has 0 aromatic heterocycles. The highest BCUT2D eigenvalue weighted by Gasteiger charge is 2.29. The van der Waals surface area contributed by atoms with Gasteiger partial charge in [0.1, 0.15) is 0 Å². The van der Waals surface area contributed by atoms with E-state index in [2.05, 4.69) is 37.5 Å². The summed E-state index contributed by atoms with van der Waals surface area (Å²) in [4.78, 5) is 12.1. The van der Waals surface area contributed by atoms with Crippen LogP contribution in [-0.4, -0.2) is 11.9 Å². The molecule has 0 fully saturated rings. The molecule has 2 rings (SSSR count). The molecular weight excluding hydrogens is 212 g/mol. The van der Waals surface area contributed by atoms with Gasteiger partial charge >= 0.3 is 0 Å². The third kappa shape index (κ3) is 2.34. The van der Waals surface area contributed by atoms with Gasteiger partial charge in [-0.05, 0) is 24.5 Å². The van der Waals surface area contributed by atoms with Crippen LogP contribution in [0.25, 0.3) is 0 Å². The molecule has 1 aromatic carbocycles. The Morgan fingerprint density at radius 1 is 1.35 bits per heavy atom. The molecule has 1 aliphatic heterocycles. The lowest BCUT2D eigenvalue weighted by atomic mass is 9.97. The first kappa shape index (κ1) is 12.1. The average molecular weight is 232 g/mol. The first-order valence-electron chi connectivity index (χ1n) is 6.29. The van der Waals surface area contributed by atoms with Crippen LogP contribution in [0.15, 0.2) is 24.3 Å². The molecule has 17 heavy (non-hydrogen) atoms. The van der Waals surface area contributed by atoms with E-state index in [0.29, 0.717) is 5.92 Å². The Morgan fingerprint density at radius 3 is 2.76 bits per heavy atom. The van der Waals surface area contributed by atoms with Gasteiger partial charge in [-0.2, -0.15) is 0 Å². The second kappa shape index (κ2) is 4.88. The lowest BCUT2D eigenvalue weighted by Gasteiger charge is -2.23. The zero-order valence-electron chi connectivity index (χ0n) is 10.7. The molecule has 2 unspecified atom stereocenters. The van der Waals surface area contributed by atoms with Gasteiger partial charge in [0, 0.05) is 11.7 Å². The first-order chi connectivity index (χ1) is 8.13. The Morgan fingerprint density at radius 2 is 2.06 bits per heavy atom. The van der Waals surface area contributed by atoms with Crippen molar-refractivity contribution in [2.45, 2.75) is 39.3 Å². The van der Waals surface area contributed by atoms with Crippen molar-refractivity contribution in [3.63, 3.8) is 0 Å². The van der Waals surface area contributed by atoms with Gasteiger partial charge in [-0.1, -0.05) is 38.5 Å². The quantitative estimate of drug-likeness (QED) is 0.823. The zero-order valence-corrected chi connectivity index (χ0v) is 10.7. The van der Waals surface area contributed by atoms with Gasteiger partial charge < -0.3 is 5.32 Å². The van der Waals surface area contributed by atoms with Crippen LogP contribution < -0.4 is 10.6 Å². The summed E-state index contributed by atoms with van der Waals surface area (Å²) in [5, 5.41) is 6.44. The highest BCUT2D eigenvalue weighted by Crippen LogP contribution is 2.27. The van der Waals surface area contributed by atoms with Crippen molar-refractivity contribution in [3.05, 3.63) is 29.8 Å². The van der Waals surface area contributed by atoms with Gasteiger partial charge in [-0.25, -0.2) is 0 Å². The number of nitrogens with one attached hydrogen (secondary N) is 2. The summed E-state index contributed by atoms with van der Waals surface area (Å²) in [5.41, 5.74) is 2.09. The Balaban J connectivity index is 2.31. The maximum atomic E-state index is 12.1. The minimum Gasteiger partial charge on any atom is -0.324 e. The Labute approximate surface area is 103 Å². The summed E-state index contributed by atoms with van der Waals surface area (Å²) in [6, 6.07) is 8.07. The molecule has 1 heterocycles. The van der Waals surface area contributed by atoms with Crippen LogP contribution in [0.5, 0.6) is 0 Å². The molecule has 0 aliphatic carbocycles. The number of para-hydroxylation sites is 1. The van der Waals surface area contributed by atoms with E-state index in [-0.39, 0.29) is 18.0 Å². The maximum absolute atomic E-state index is 12.1. The first-order valence-corrected chi connectivity index (χ1v) is 6.29. The number of hydrogen-bond donors (Lipinski definition) is 2. The van der Waals surface area contributed by atoms with Gasteiger partial charge in [0.25, 0.3) is 0 Å². The van der Waals surface area contributed by atoms with E-state index in [1.807, 2.05) is 18.2 Å². The maximum Gasteiger partial charge on any atom is 0.241 e. The summed E-state index contributed by atoms with van der Waals surface area (Å²) >= 11 is 0.